The van der Waals surface area contributed by atoms with Gasteiger partial charge in [0.2, 0.25) is 5.09 Å². The second kappa shape index (κ2) is 6.74. The van der Waals surface area contributed by atoms with Gasteiger partial charge in [0.15, 0.2) is 0 Å². The SMILES string of the molecule is CCC1CCCCCN1S(=O)(=O)c1ccc(CNC)o1. The van der Waals surface area contributed by atoms with E-state index < -0.39 is 10.0 Å². The fourth-order valence-electron chi connectivity index (χ4n) is 2.76. The monoisotopic (exact) mass is 300 g/mol. The molecule has 20 heavy (non-hydrogen) atoms. The van der Waals surface area contributed by atoms with E-state index in [-0.39, 0.29) is 11.1 Å². The molecule has 6 heteroatoms. The average molecular weight is 300 g/mol. The molecule has 2 rings (SSSR count). The first-order valence-electron chi connectivity index (χ1n) is 7.34. The number of sulfonamides is 1. The van der Waals surface area contributed by atoms with Crippen molar-refractivity contribution in [2.24, 2.45) is 0 Å². The summed E-state index contributed by atoms with van der Waals surface area (Å²) < 4.78 is 32.6. The summed E-state index contributed by atoms with van der Waals surface area (Å²) in [6.45, 7) is 3.18. The summed E-state index contributed by atoms with van der Waals surface area (Å²) in [6, 6.07) is 3.39. The van der Waals surface area contributed by atoms with Crippen molar-refractivity contribution < 1.29 is 12.8 Å². The molecule has 1 aromatic rings. The molecule has 1 aliphatic heterocycles. The quantitative estimate of drug-likeness (QED) is 0.906. The summed E-state index contributed by atoms with van der Waals surface area (Å²) in [5, 5.41) is 3.03. The standard InChI is InChI=1S/C14H24N2O3S/c1-3-12-7-5-4-6-10-16(12)20(17,18)14-9-8-13(19-14)11-15-2/h8-9,12,15H,3-7,10-11H2,1-2H3. The van der Waals surface area contributed by atoms with Gasteiger partial charge in [-0.05, 0) is 38.4 Å². The Bertz CT molecular complexity index is 524. The molecule has 1 saturated heterocycles. The third kappa shape index (κ3) is 3.24. The van der Waals surface area contributed by atoms with Crippen molar-refractivity contribution in [2.45, 2.75) is 56.7 Å². The number of hydrogen-bond donors (Lipinski definition) is 1. The third-order valence-electron chi connectivity index (χ3n) is 3.85. The molecule has 0 spiro atoms. The second-order valence-electron chi connectivity index (χ2n) is 5.28. The van der Waals surface area contributed by atoms with Gasteiger partial charge in [-0.25, -0.2) is 8.42 Å². The summed E-state index contributed by atoms with van der Waals surface area (Å²) in [5.41, 5.74) is 0. The predicted octanol–water partition coefficient (Wildman–Crippen LogP) is 2.34. The molecule has 1 aliphatic rings. The molecule has 0 radical (unpaired) electrons. The summed E-state index contributed by atoms with van der Waals surface area (Å²) in [5.74, 6) is 0.647. The highest BCUT2D eigenvalue weighted by molar-refractivity contribution is 7.89. The lowest BCUT2D eigenvalue weighted by Gasteiger charge is -2.27. The molecule has 5 nitrogen and oxygen atoms in total. The lowest BCUT2D eigenvalue weighted by molar-refractivity contribution is 0.301. The molecule has 1 atom stereocenters. The van der Waals surface area contributed by atoms with Crippen LogP contribution in [0.2, 0.25) is 0 Å². The van der Waals surface area contributed by atoms with Crippen LogP contribution in [0.5, 0.6) is 0 Å². The molecule has 0 bridgehead atoms. The van der Waals surface area contributed by atoms with Gasteiger partial charge in [0.1, 0.15) is 5.76 Å². The fourth-order valence-corrected chi connectivity index (χ4v) is 4.46. The van der Waals surface area contributed by atoms with Gasteiger partial charge in [-0.2, -0.15) is 4.31 Å². The van der Waals surface area contributed by atoms with Crippen molar-refractivity contribution in [1.29, 1.82) is 0 Å². The summed E-state index contributed by atoms with van der Waals surface area (Å²) in [7, 11) is -1.70. The van der Waals surface area contributed by atoms with E-state index in [1.165, 1.54) is 0 Å². The molecule has 1 aromatic heterocycles. The van der Waals surface area contributed by atoms with Crippen LogP contribution in [0, 0.1) is 0 Å². The van der Waals surface area contributed by atoms with Gasteiger partial charge in [0, 0.05) is 12.6 Å². The van der Waals surface area contributed by atoms with Crippen LogP contribution in [0.25, 0.3) is 0 Å². The Morgan fingerprint density at radius 3 is 2.85 bits per heavy atom. The minimum absolute atomic E-state index is 0.0723. The molecule has 2 heterocycles. The number of nitrogens with zero attached hydrogens (tertiary/aromatic N) is 1. The lowest BCUT2D eigenvalue weighted by atomic mass is 10.1. The zero-order valence-corrected chi connectivity index (χ0v) is 13.1. The Morgan fingerprint density at radius 1 is 1.35 bits per heavy atom. The van der Waals surface area contributed by atoms with Crippen LogP contribution in [0.1, 0.15) is 44.8 Å². The highest BCUT2D eigenvalue weighted by Gasteiger charge is 2.33. The van der Waals surface area contributed by atoms with Crippen LogP contribution < -0.4 is 5.32 Å². The maximum absolute atomic E-state index is 12.7. The predicted molar refractivity (Wildman–Crippen MR) is 77.9 cm³/mol. The van der Waals surface area contributed by atoms with Gasteiger partial charge in [-0.15, -0.1) is 0 Å². The van der Waals surface area contributed by atoms with Crippen LogP contribution in [0.3, 0.4) is 0 Å². The van der Waals surface area contributed by atoms with Crippen LogP contribution in [-0.4, -0.2) is 32.4 Å². The third-order valence-corrected chi connectivity index (χ3v) is 5.67. The Labute approximate surface area is 121 Å². The summed E-state index contributed by atoms with van der Waals surface area (Å²) >= 11 is 0. The van der Waals surface area contributed by atoms with Crippen LogP contribution in [-0.2, 0) is 16.6 Å². The first kappa shape index (κ1) is 15.5. The van der Waals surface area contributed by atoms with Crippen LogP contribution in [0.4, 0.5) is 0 Å². The smallest absolute Gasteiger partial charge is 0.276 e. The zero-order valence-electron chi connectivity index (χ0n) is 12.3. The Hall–Kier alpha value is -0.850. The van der Waals surface area contributed by atoms with Gasteiger partial charge in [0.25, 0.3) is 10.0 Å². The van der Waals surface area contributed by atoms with Crippen molar-refractivity contribution in [3.63, 3.8) is 0 Å². The van der Waals surface area contributed by atoms with Gasteiger partial charge in [0.05, 0.1) is 6.54 Å². The first-order valence-corrected chi connectivity index (χ1v) is 8.78. The molecule has 0 aliphatic carbocycles. The molecule has 114 valence electrons. The van der Waals surface area contributed by atoms with Gasteiger partial charge in [-0.1, -0.05) is 19.8 Å². The topological polar surface area (TPSA) is 62.6 Å². The van der Waals surface area contributed by atoms with E-state index in [4.69, 9.17) is 4.42 Å². The molecular formula is C14H24N2O3S. The van der Waals surface area contributed by atoms with Gasteiger partial charge in [-0.3, -0.25) is 0 Å². The number of hydrogen-bond acceptors (Lipinski definition) is 4. The van der Waals surface area contributed by atoms with Gasteiger partial charge >= 0.3 is 0 Å². The maximum atomic E-state index is 12.7. The summed E-state index contributed by atoms with van der Waals surface area (Å²) in [4.78, 5) is 0. The average Bonchev–Trinajstić information content (AvgIpc) is 2.76. The molecule has 1 N–H and O–H groups in total. The fraction of sp³-hybridized carbons (Fsp3) is 0.714. The van der Waals surface area contributed by atoms with Crippen molar-refractivity contribution in [2.75, 3.05) is 13.6 Å². The lowest BCUT2D eigenvalue weighted by Crippen LogP contribution is -2.39. The van der Waals surface area contributed by atoms with E-state index in [1.54, 1.807) is 23.5 Å². The van der Waals surface area contributed by atoms with Crippen LogP contribution >= 0.6 is 0 Å². The summed E-state index contributed by atoms with van der Waals surface area (Å²) in [6.07, 6.45) is 4.93. The van der Waals surface area contributed by atoms with E-state index in [2.05, 4.69) is 5.32 Å². The number of nitrogens with one attached hydrogen (secondary N) is 1. The molecule has 0 aromatic carbocycles. The van der Waals surface area contributed by atoms with E-state index in [9.17, 15) is 8.42 Å². The molecule has 1 fully saturated rings. The zero-order chi connectivity index (χ0) is 14.6. The maximum Gasteiger partial charge on any atom is 0.276 e. The first-order chi connectivity index (χ1) is 9.59. The molecule has 0 amide bonds. The number of rotatable bonds is 5. The van der Waals surface area contributed by atoms with E-state index >= 15 is 0 Å². The van der Waals surface area contributed by atoms with Crippen LogP contribution in [0.15, 0.2) is 21.6 Å². The molecule has 1 unspecified atom stereocenters. The molecular weight excluding hydrogens is 276 g/mol. The van der Waals surface area contributed by atoms with E-state index in [0.29, 0.717) is 18.8 Å². The van der Waals surface area contributed by atoms with E-state index in [0.717, 1.165) is 32.1 Å². The van der Waals surface area contributed by atoms with E-state index in [1.807, 2.05) is 6.92 Å². The van der Waals surface area contributed by atoms with Crippen molar-refractivity contribution in [3.8, 4) is 0 Å². The van der Waals surface area contributed by atoms with Crippen molar-refractivity contribution >= 4 is 10.0 Å². The second-order valence-corrected chi connectivity index (χ2v) is 7.10. The normalized spacial score (nSPS) is 21.8. The van der Waals surface area contributed by atoms with Crippen molar-refractivity contribution in [3.05, 3.63) is 17.9 Å². The van der Waals surface area contributed by atoms with Gasteiger partial charge < -0.3 is 9.73 Å². The highest BCUT2D eigenvalue weighted by atomic mass is 32.2. The minimum atomic E-state index is -3.51. The minimum Gasteiger partial charge on any atom is -0.447 e. The number of furan rings is 1. The Kier molecular flexibility index (Phi) is 5.23. The highest BCUT2D eigenvalue weighted by Crippen LogP contribution is 2.27. The molecule has 0 saturated carbocycles. The largest absolute Gasteiger partial charge is 0.447 e. The van der Waals surface area contributed by atoms with Crippen molar-refractivity contribution in [1.82, 2.24) is 9.62 Å². The Balaban J connectivity index is 2.26. The Morgan fingerprint density at radius 2 is 2.15 bits per heavy atom.